The molecule has 82 valence electrons. The van der Waals surface area contributed by atoms with Crippen LogP contribution < -0.4 is 0 Å². The van der Waals surface area contributed by atoms with Crippen molar-refractivity contribution >= 4 is 0 Å². The monoisotopic (exact) mass is 215 g/mol. The van der Waals surface area contributed by atoms with Crippen LogP contribution in [-0.2, 0) is 6.42 Å². The maximum Gasteiger partial charge on any atom is 0.123 e. The van der Waals surface area contributed by atoms with Gasteiger partial charge in [-0.05, 0) is 42.7 Å². The topological polar surface area (TPSA) is 12.9 Å². The zero-order chi connectivity index (χ0) is 11.5. The van der Waals surface area contributed by atoms with Crippen molar-refractivity contribution in [1.29, 1.82) is 0 Å². The van der Waals surface area contributed by atoms with E-state index in [9.17, 15) is 4.39 Å². The van der Waals surface area contributed by atoms with Crippen molar-refractivity contribution < 1.29 is 4.39 Å². The number of rotatable bonds is 2. The number of pyridine rings is 1. The minimum atomic E-state index is -0.208. The predicted molar refractivity (Wildman–Crippen MR) is 63.7 cm³/mol. The molecule has 1 nitrogen and oxygen atoms in total. The first kappa shape index (κ1) is 10.8. The van der Waals surface area contributed by atoms with Crippen LogP contribution in [0.25, 0.3) is 11.1 Å². The zero-order valence-electron chi connectivity index (χ0n) is 9.50. The zero-order valence-corrected chi connectivity index (χ0v) is 9.50. The van der Waals surface area contributed by atoms with Gasteiger partial charge >= 0.3 is 0 Å². The molecule has 0 saturated heterocycles. The van der Waals surface area contributed by atoms with Gasteiger partial charge in [-0.15, -0.1) is 0 Å². The van der Waals surface area contributed by atoms with Gasteiger partial charge in [0.25, 0.3) is 0 Å². The Kier molecular flexibility index (Phi) is 3.00. The second kappa shape index (κ2) is 4.44. The Labute approximate surface area is 95.0 Å². The lowest BCUT2D eigenvalue weighted by Crippen LogP contribution is -1.92. The van der Waals surface area contributed by atoms with E-state index in [4.69, 9.17) is 0 Å². The summed E-state index contributed by atoms with van der Waals surface area (Å²) in [7, 11) is 0. The average molecular weight is 215 g/mol. The van der Waals surface area contributed by atoms with Gasteiger partial charge in [0.15, 0.2) is 0 Å². The lowest BCUT2D eigenvalue weighted by atomic mass is 10.00. The van der Waals surface area contributed by atoms with Gasteiger partial charge in [0.2, 0.25) is 0 Å². The standard InChI is InChI=1S/C14H14FN/c1-3-11-7-10(2)16-9-14(11)12-5-4-6-13(15)8-12/h4-9H,3H2,1-2H3. The lowest BCUT2D eigenvalue weighted by molar-refractivity contribution is 0.628. The minimum absolute atomic E-state index is 0.208. The van der Waals surface area contributed by atoms with Crippen molar-refractivity contribution in [3.63, 3.8) is 0 Å². The number of halogens is 1. The van der Waals surface area contributed by atoms with Crippen molar-refractivity contribution in [1.82, 2.24) is 4.98 Å². The van der Waals surface area contributed by atoms with Gasteiger partial charge in [-0.1, -0.05) is 19.1 Å². The van der Waals surface area contributed by atoms with Gasteiger partial charge in [0.1, 0.15) is 5.82 Å². The molecule has 0 bridgehead atoms. The molecule has 0 N–H and O–H groups in total. The van der Waals surface area contributed by atoms with Gasteiger partial charge in [-0.2, -0.15) is 0 Å². The Hall–Kier alpha value is -1.70. The van der Waals surface area contributed by atoms with E-state index in [1.165, 1.54) is 11.6 Å². The fraction of sp³-hybridized carbons (Fsp3) is 0.214. The molecular formula is C14H14FN. The smallest absolute Gasteiger partial charge is 0.123 e. The summed E-state index contributed by atoms with van der Waals surface area (Å²) >= 11 is 0. The third-order valence-electron chi connectivity index (χ3n) is 2.64. The Balaban J connectivity index is 2.55. The summed E-state index contributed by atoms with van der Waals surface area (Å²) in [5, 5.41) is 0. The number of benzene rings is 1. The molecule has 2 heteroatoms. The van der Waals surface area contributed by atoms with Crippen LogP contribution in [0.1, 0.15) is 18.2 Å². The molecule has 0 spiro atoms. The molecule has 0 aliphatic rings. The van der Waals surface area contributed by atoms with E-state index in [0.717, 1.165) is 23.2 Å². The van der Waals surface area contributed by atoms with Crippen LogP contribution in [0.3, 0.4) is 0 Å². The van der Waals surface area contributed by atoms with Crippen molar-refractivity contribution in [2.45, 2.75) is 20.3 Å². The van der Waals surface area contributed by atoms with Gasteiger partial charge in [0, 0.05) is 17.5 Å². The van der Waals surface area contributed by atoms with Crippen molar-refractivity contribution in [2.24, 2.45) is 0 Å². The molecule has 0 fully saturated rings. The number of nitrogens with zero attached hydrogens (tertiary/aromatic N) is 1. The number of hydrogen-bond donors (Lipinski definition) is 0. The predicted octanol–water partition coefficient (Wildman–Crippen LogP) is 3.76. The van der Waals surface area contributed by atoms with Crippen molar-refractivity contribution in [2.75, 3.05) is 0 Å². The lowest BCUT2D eigenvalue weighted by Gasteiger charge is -2.08. The summed E-state index contributed by atoms with van der Waals surface area (Å²) in [5.41, 5.74) is 4.12. The van der Waals surface area contributed by atoms with Crippen LogP contribution in [0.5, 0.6) is 0 Å². The fourth-order valence-electron chi connectivity index (χ4n) is 1.82. The molecule has 0 aliphatic carbocycles. The highest BCUT2D eigenvalue weighted by atomic mass is 19.1. The molecule has 0 aliphatic heterocycles. The van der Waals surface area contributed by atoms with E-state index in [0.29, 0.717) is 0 Å². The Morgan fingerprint density at radius 3 is 2.75 bits per heavy atom. The van der Waals surface area contributed by atoms with E-state index in [2.05, 4.69) is 18.0 Å². The van der Waals surface area contributed by atoms with Crippen LogP contribution in [0.15, 0.2) is 36.5 Å². The summed E-state index contributed by atoms with van der Waals surface area (Å²) in [6.45, 7) is 4.06. The number of aryl methyl sites for hydroxylation is 2. The normalized spacial score (nSPS) is 10.4. The summed E-state index contributed by atoms with van der Waals surface area (Å²) in [5.74, 6) is -0.208. The summed E-state index contributed by atoms with van der Waals surface area (Å²) < 4.78 is 13.1. The van der Waals surface area contributed by atoms with Crippen LogP contribution in [0.2, 0.25) is 0 Å². The van der Waals surface area contributed by atoms with Crippen LogP contribution in [0.4, 0.5) is 4.39 Å². The van der Waals surface area contributed by atoms with E-state index in [-0.39, 0.29) is 5.82 Å². The van der Waals surface area contributed by atoms with Crippen LogP contribution >= 0.6 is 0 Å². The molecule has 1 aromatic carbocycles. The first-order valence-corrected chi connectivity index (χ1v) is 5.42. The largest absolute Gasteiger partial charge is 0.261 e. The maximum atomic E-state index is 13.1. The maximum absolute atomic E-state index is 13.1. The van der Waals surface area contributed by atoms with Gasteiger partial charge in [0.05, 0.1) is 0 Å². The Bertz CT molecular complexity index is 506. The minimum Gasteiger partial charge on any atom is -0.261 e. The summed E-state index contributed by atoms with van der Waals surface area (Å²) in [4.78, 5) is 4.27. The fourth-order valence-corrected chi connectivity index (χ4v) is 1.82. The molecule has 0 saturated carbocycles. The SMILES string of the molecule is CCc1cc(C)ncc1-c1cccc(F)c1. The Morgan fingerprint density at radius 1 is 1.25 bits per heavy atom. The quantitative estimate of drug-likeness (QED) is 0.743. The second-order valence-corrected chi connectivity index (χ2v) is 3.85. The molecule has 0 radical (unpaired) electrons. The third kappa shape index (κ3) is 2.11. The Morgan fingerprint density at radius 2 is 2.06 bits per heavy atom. The van der Waals surface area contributed by atoms with Crippen LogP contribution in [0, 0.1) is 12.7 Å². The highest BCUT2D eigenvalue weighted by Crippen LogP contribution is 2.24. The molecule has 16 heavy (non-hydrogen) atoms. The average Bonchev–Trinajstić information content (AvgIpc) is 2.28. The van der Waals surface area contributed by atoms with E-state index < -0.39 is 0 Å². The molecule has 2 rings (SSSR count). The second-order valence-electron chi connectivity index (χ2n) is 3.85. The van der Waals surface area contributed by atoms with Gasteiger partial charge < -0.3 is 0 Å². The van der Waals surface area contributed by atoms with Gasteiger partial charge in [-0.3, -0.25) is 4.98 Å². The first-order chi connectivity index (χ1) is 7.70. The highest BCUT2D eigenvalue weighted by Gasteiger charge is 2.05. The molecule has 0 amide bonds. The van der Waals surface area contributed by atoms with E-state index >= 15 is 0 Å². The van der Waals surface area contributed by atoms with E-state index in [1.54, 1.807) is 12.1 Å². The summed E-state index contributed by atoms with van der Waals surface area (Å²) in [6.07, 6.45) is 2.75. The van der Waals surface area contributed by atoms with E-state index in [1.807, 2.05) is 19.2 Å². The van der Waals surface area contributed by atoms with Gasteiger partial charge in [-0.25, -0.2) is 4.39 Å². The number of hydrogen-bond acceptors (Lipinski definition) is 1. The molecule has 2 aromatic rings. The molecule has 0 atom stereocenters. The third-order valence-corrected chi connectivity index (χ3v) is 2.64. The van der Waals surface area contributed by atoms with Crippen LogP contribution in [-0.4, -0.2) is 4.98 Å². The highest BCUT2D eigenvalue weighted by molar-refractivity contribution is 5.66. The molecule has 0 unspecified atom stereocenters. The molecule has 1 heterocycles. The van der Waals surface area contributed by atoms with Crippen molar-refractivity contribution in [3.05, 3.63) is 53.6 Å². The van der Waals surface area contributed by atoms with Crippen molar-refractivity contribution in [3.8, 4) is 11.1 Å². The molecular weight excluding hydrogens is 201 g/mol. The first-order valence-electron chi connectivity index (χ1n) is 5.42. The summed E-state index contributed by atoms with van der Waals surface area (Å²) in [6, 6.07) is 8.70. The molecule has 1 aromatic heterocycles. The number of aromatic nitrogens is 1.